The average Bonchev–Trinajstić information content (AvgIpc) is 3.09. The molecule has 0 unspecified atom stereocenters. The largest absolute Gasteiger partial charge is 0.354 e. The van der Waals surface area contributed by atoms with Gasteiger partial charge in [-0.15, -0.1) is 11.3 Å². The lowest BCUT2D eigenvalue weighted by Crippen LogP contribution is -2.15. The van der Waals surface area contributed by atoms with E-state index in [9.17, 15) is 0 Å². The van der Waals surface area contributed by atoms with Gasteiger partial charge < -0.3 is 4.52 Å². The number of aryl methyl sites for hydroxylation is 2. The first-order valence-corrected chi connectivity index (χ1v) is 8.36. The number of hydrogen-bond donors (Lipinski definition) is 0. The summed E-state index contributed by atoms with van der Waals surface area (Å²) in [6.45, 7) is 3.98. The molecule has 0 aliphatic carbocycles. The monoisotopic (exact) mass is 345 g/mol. The van der Waals surface area contributed by atoms with Crippen LogP contribution >= 0.6 is 22.9 Å². The van der Waals surface area contributed by atoms with Gasteiger partial charge in [-0.2, -0.15) is 0 Å². The molecule has 2 aromatic heterocycles. The fourth-order valence-electron chi connectivity index (χ4n) is 2.33. The summed E-state index contributed by atoms with van der Waals surface area (Å²) in [7, 11) is 1.79. The molecule has 3 rings (SSSR count). The number of halogens is 1. The standard InChI is InChI=1S/C17H16ClN3OS/c1-11-10-23-17(19-3)21(11)16-12(2)20-22-15(16)9-6-13-4-7-14(18)8-5-13/h4-10H,1-3H3/b9-6+,19-17?. The van der Waals surface area contributed by atoms with Crippen LogP contribution in [-0.4, -0.2) is 16.8 Å². The van der Waals surface area contributed by atoms with Gasteiger partial charge in [0.05, 0.1) is 0 Å². The SMILES string of the molecule is CN=c1scc(C)n1-c1c(C)noc1/C=C/c1ccc(Cl)cc1. The molecule has 0 bridgehead atoms. The maximum atomic E-state index is 5.91. The Balaban J connectivity index is 2.06. The Morgan fingerprint density at radius 3 is 2.65 bits per heavy atom. The lowest BCUT2D eigenvalue weighted by atomic mass is 10.2. The molecule has 4 nitrogen and oxygen atoms in total. The summed E-state index contributed by atoms with van der Waals surface area (Å²) >= 11 is 7.51. The van der Waals surface area contributed by atoms with Crippen molar-refractivity contribution in [2.24, 2.45) is 4.99 Å². The molecule has 3 aromatic rings. The second-order valence-electron chi connectivity index (χ2n) is 5.08. The predicted molar refractivity (Wildman–Crippen MR) is 95.0 cm³/mol. The molecule has 0 aliphatic heterocycles. The fourth-order valence-corrected chi connectivity index (χ4v) is 3.28. The number of hydrogen-bond acceptors (Lipinski definition) is 4. The Morgan fingerprint density at radius 2 is 1.96 bits per heavy atom. The van der Waals surface area contributed by atoms with Crippen LogP contribution in [0.5, 0.6) is 0 Å². The number of nitrogens with zero attached hydrogens (tertiary/aromatic N) is 3. The summed E-state index contributed by atoms with van der Waals surface area (Å²) in [5.74, 6) is 0.703. The normalized spacial score (nSPS) is 12.4. The third-order valence-electron chi connectivity index (χ3n) is 3.45. The third-order valence-corrected chi connectivity index (χ3v) is 4.73. The van der Waals surface area contributed by atoms with Gasteiger partial charge in [0, 0.05) is 23.1 Å². The van der Waals surface area contributed by atoms with Crippen molar-refractivity contribution in [1.29, 1.82) is 0 Å². The highest BCUT2D eigenvalue weighted by molar-refractivity contribution is 7.07. The average molecular weight is 346 g/mol. The van der Waals surface area contributed by atoms with Gasteiger partial charge in [-0.1, -0.05) is 35.0 Å². The number of thiazole rings is 1. The minimum atomic E-state index is 0.703. The van der Waals surface area contributed by atoms with Gasteiger partial charge in [-0.25, -0.2) is 0 Å². The summed E-state index contributed by atoms with van der Waals surface area (Å²) in [5, 5.41) is 6.90. The first kappa shape index (κ1) is 15.8. The predicted octanol–water partition coefficient (Wildman–Crippen LogP) is 4.50. The van der Waals surface area contributed by atoms with Crippen molar-refractivity contribution in [2.45, 2.75) is 13.8 Å². The van der Waals surface area contributed by atoms with E-state index < -0.39 is 0 Å². The van der Waals surface area contributed by atoms with E-state index in [1.54, 1.807) is 18.4 Å². The molecule has 0 aliphatic rings. The first-order chi connectivity index (χ1) is 11.1. The summed E-state index contributed by atoms with van der Waals surface area (Å²) in [6.07, 6.45) is 3.90. The zero-order valence-corrected chi connectivity index (χ0v) is 14.6. The van der Waals surface area contributed by atoms with E-state index in [-0.39, 0.29) is 0 Å². The molecular formula is C17H16ClN3OS. The van der Waals surface area contributed by atoms with Crippen molar-refractivity contribution in [3.05, 3.63) is 62.2 Å². The van der Waals surface area contributed by atoms with Crippen LogP contribution in [0.2, 0.25) is 5.02 Å². The van der Waals surface area contributed by atoms with Crippen molar-refractivity contribution >= 4 is 35.1 Å². The summed E-state index contributed by atoms with van der Waals surface area (Å²) in [6, 6.07) is 7.63. The molecule has 0 saturated carbocycles. The summed E-state index contributed by atoms with van der Waals surface area (Å²) < 4.78 is 7.57. The van der Waals surface area contributed by atoms with Crippen LogP contribution in [0.15, 0.2) is 39.2 Å². The van der Waals surface area contributed by atoms with E-state index in [2.05, 4.69) is 20.1 Å². The Kier molecular flexibility index (Phi) is 4.50. The number of rotatable bonds is 3. The minimum absolute atomic E-state index is 0.703. The Morgan fingerprint density at radius 1 is 1.22 bits per heavy atom. The van der Waals surface area contributed by atoms with Gasteiger partial charge in [-0.05, 0) is 37.6 Å². The van der Waals surface area contributed by atoms with Crippen molar-refractivity contribution in [3.8, 4) is 5.69 Å². The fraction of sp³-hybridized carbons (Fsp3) is 0.176. The summed E-state index contributed by atoms with van der Waals surface area (Å²) in [5.41, 5.74) is 3.90. The van der Waals surface area contributed by atoms with Crippen LogP contribution in [-0.2, 0) is 0 Å². The van der Waals surface area contributed by atoms with Crippen molar-refractivity contribution in [2.75, 3.05) is 7.05 Å². The quantitative estimate of drug-likeness (QED) is 0.701. The highest BCUT2D eigenvalue weighted by Crippen LogP contribution is 2.22. The zero-order chi connectivity index (χ0) is 16.4. The Bertz CT molecular complexity index is 916. The molecule has 6 heteroatoms. The van der Waals surface area contributed by atoms with E-state index in [1.807, 2.05) is 50.3 Å². The third kappa shape index (κ3) is 3.16. The van der Waals surface area contributed by atoms with Gasteiger partial charge in [0.1, 0.15) is 11.4 Å². The van der Waals surface area contributed by atoms with Crippen molar-refractivity contribution < 1.29 is 4.52 Å². The van der Waals surface area contributed by atoms with Crippen LogP contribution in [0.4, 0.5) is 0 Å². The van der Waals surface area contributed by atoms with Gasteiger partial charge in [0.2, 0.25) is 0 Å². The highest BCUT2D eigenvalue weighted by Gasteiger charge is 2.16. The lowest BCUT2D eigenvalue weighted by molar-refractivity contribution is 0.408. The summed E-state index contributed by atoms with van der Waals surface area (Å²) in [4.78, 5) is 5.24. The molecule has 1 aromatic carbocycles. The molecule has 0 radical (unpaired) electrons. The van der Waals surface area contributed by atoms with E-state index in [0.717, 1.165) is 32.5 Å². The van der Waals surface area contributed by atoms with Gasteiger partial charge in [0.25, 0.3) is 0 Å². The second kappa shape index (κ2) is 6.56. The van der Waals surface area contributed by atoms with Crippen molar-refractivity contribution in [1.82, 2.24) is 9.72 Å². The van der Waals surface area contributed by atoms with E-state index in [4.69, 9.17) is 16.1 Å². The zero-order valence-electron chi connectivity index (χ0n) is 13.1. The van der Waals surface area contributed by atoms with E-state index >= 15 is 0 Å². The molecule has 0 atom stereocenters. The first-order valence-electron chi connectivity index (χ1n) is 7.10. The molecule has 0 fully saturated rings. The van der Waals surface area contributed by atoms with Crippen LogP contribution < -0.4 is 4.80 Å². The second-order valence-corrected chi connectivity index (χ2v) is 6.36. The molecular weight excluding hydrogens is 330 g/mol. The molecule has 0 N–H and O–H groups in total. The number of benzene rings is 1. The lowest BCUT2D eigenvalue weighted by Gasteiger charge is -2.04. The van der Waals surface area contributed by atoms with Crippen LogP contribution in [0.25, 0.3) is 17.8 Å². The Labute approximate surface area is 143 Å². The number of aromatic nitrogens is 2. The van der Waals surface area contributed by atoms with Gasteiger partial charge in [0.15, 0.2) is 10.6 Å². The Hall–Kier alpha value is -2.11. The molecule has 2 heterocycles. The maximum absolute atomic E-state index is 5.91. The molecule has 118 valence electrons. The van der Waals surface area contributed by atoms with E-state index in [1.165, 1.54) is 0 Å². The van der Waals surface area contributed by atoms with Gasteiger partial charge >= 0.3 is 0 Å². The van der Waals surface area contributed by atoms with Crippen LogP contribution in [0.1, 0.15) is 22.7 Å². The molecule has 0 saturated heterocycles. The smallest absolute Gasteiger partial charge is 0.189 e. The van der Waals surface area contributed by atoms with Crippen LogP contribution in [0.3, 0.4) is 0 Å². The molecule has 23 heavy (non-hydrogen) atoms. The molecule has 0 spiro atoms. The van der Waals surface area contributed by atoms with Gasteiger partial charge in [-0.3, -0.25) is 9.56 Å². The van der Waals surface area contributed by atoms with Crippen LogP contribution in [0, 0.1) is 13.8 Å². The highest BCUT2D eigenvalue weighted by atomic mass is 35.5. The van der Waals surface area contributed by atoms with E-state index in [0.29, 0.717) is 5.76 Å². The topological polar surface area (TPSA) is 43.3 Å². The minimum Gasteiger partial charge on any atom is -0.354 e. The van der Waals surface area contributed by atoms with Crippen molar-refractivity contribution in [3.63, 3.8) is 0 Å². The molecule has 0 amide bonds. The maximum Gasteiger partial charge on any atom is 0.189 e.